The van der Waals surface area contributed by atoms with Gasteiger partial charge in [-0.3, -0.25) is 10.1 Å². The van der Waals surface area contributed by atoms with E-state index in [0.717, 1.165) is 22.4 Å². The van der Waals surface area contributed by atoms with Crippen LogP contribution in [0.5, 0.6) is 0 Å². The second-order valence-electron chi connectivity index (χ2n) is 6.49. The Morgan fingerprint density at radius 1 is 1.07 bits per heavy atom. The fourth-order valence-corrected chi connectivity index (χ4v) is 3.31. The maximum absolute atomic E-state index is 12.3. The molecule has 4 rings (SSSR count). The van der Waals surface area contributed by atoms with Gasteiger partial charge in [0.2, 0.25) is 16.9 Å². The van der Waals surface area contributed by atoms with Crippen LogP contribution < -0.4 is 5.32 Å². The van der Waals surface area contributed by atoms with Crippen molar-refractivity contribution >= 4 is 23.6 Å². The first kappa shape index (κ1) is 18.9. The second-order valence-corrected chi connectivity index (χ2v) is 7.43. The Hall–Kier alpha value is -3.46. The van der Waals surface area contributed by atoms with E-state index in [-0.39, 0.29) is 11.7 Å². The second kappa shape index (κ2) is 8.27. The van der Waals surface area contributed by atoms with Crippen molar-refractivity contribution in [1.29, 1.82) is 0 Å². The van der Waals surface area contributed by atoms with Crippen LogP contribution in [-0.2, 0) is 4.79 Å². The van der Waals surface area contributed by atoms with Gasteiger partial charge in [-0.1, -0.05) is 64.4 Å². The summed E-state index contributed by atoms with van der Waals surface area (Å²) in [7, 11) is 0. The van der Waals surface area contributed by atoms with Gasteiger partial charge in [-0.2, -0.15) is 4.68 Å². The number of carbonyl (C=O) groups excluding carboxylic acids is 1. The zero-order valence-electron chi connectivity index (χ0n) is 15.9. The number of hydrogen-bond donors (Lipinski definition) is 1. The molecule has 2 heterocycles. The Morgan fingerprint density at radius 2 is 1.76 bits per heavy atom. The summed E-state index contributed by atoms with van der Waals surface area (Å²) in [5, 5.41) is 18.9. The molecule has 146 valence electrons. The molecule has 1 amide bonds. The van der Waals surface area contributed by atoms with Gasteiger partial charge in [-0.25, -0.2) is 0 Å². The van der Waals surface area contributed by atoms with Gasteiger partial charge >= 0.3 is 0 Å². The maximum atomic E-state index is 12.3. The van der Waals surface area contributed by atoms with Crippen LogP contribution in [0.2, 0.25) is 0 Å². The van der Waals surface area contributed by atoms with Crippen molar-refractivity contribution in [3.63, 3.8) is 0 Å². The number of benzene rings is 2. The average molecular weight is 406 g/mol. The molecule has 0 aliphatic rings. The quantitative estimate of drug-likeness (QED) is 0.488. The molecule has 0 aliphatic heterocycles. The lowest BCUT2D eigenvalue weighted by Gasteiger charge is -2.04. The number of aromatic nitrogens is 5. The Bertz CT molecular complexity index is 1120. The zero-order valence-corrected chi connectivity index (χ0v) is 16.7. The van der Waals surface area contributed by atoms with Crippen LogP contribution in [0.1, 0.15) is 11.1 Å². The fourth-order valence-electron chi connectivity index (χ4n) is 2.62. The van der Waals surface area contributed by atoms with Crippen LogP contribution in [0, 0.1) is 13.8 Å². The highest BCUT2D eigenvalue weighted by Gasteiger charge is 2.14. The van der Waals surface area contributed by atoms with Crippen LogP contribution in [0.15, 0.2) is 64.3 Å². The van der Waals surface area contributed by atoms with Gasteiger partial charge in [0.05, 0.1) is 11.4 Å². The van der Waals surface area contributed by atoms with Crippen molar-refractivity contribution in [2.24, 2.45) is 0 Å². The number of tetrazole rings is 1. The Morgan fingerprint density at radius 3 is 2.48 bits per heavy atom. The minimum atomic E-state index is -0.236. The molecule has 0 saturated heterocycles. The normalized spacial score (nSPS) is 10.8. The molecule has 0 atom stereocenters. The van der Waals surface area contributed by atoms with E-state index in [9.17, 15) is 4.79 Å². The maximum Gasteiger partial charge on any atom is 0.237 e. The SMILES string of the molecule is Cc1ccc(-c2cc(NC(=O)CSc3nnnn3-c3ccc(C)cc3)on2)cc1. The molecule has 2 aromatic heterocycles. The van der Waals surface area contributed by atoms with Crippen LogP contribution >= 0.6 is 11.8 Å². The third-order valence-electron chi connectivity index (χ3n) is 4.17. The molecular formula is C20H18N6O2S. The highest BCUT2D eigenvalue weighted by Crippen LogP contribution is 2.23. The number of hydrogen-bond acceptors (Lipinski definition) is 7. The van der Waals surface area contributed by atoms with E-state index >= 15 is 0 Å². The minimum absolute atomic E-state index is 0.132. The predicted octanol–water partition coefficient (Wildman–Crippen LogP) is 3.66. The topological polar surface area (TPSA) is 98.7 Å². The van der Waals surface area contributed by atoms with Crippen LogP contribution in [0.4, 0.5) is 5.88 Å². The zero-order chi connectivity index (χ0) is 20.2. The molecule has 1 N–H and O–H groups in total. The first-order chi connectivity index (χ1) is 14.1. The Balaban J connectivity index is 1.37. The molecule has 0 fully saturated rings. The Labute approximate surface area is 171 Å². The van der Waals surface area contributed by atoms with Gasteiger partial charge in [-0.15, -0.1) is 5.10 Å². The van der Waals surface area contributed by atoms with Crippen LogP contribution in [-0.4, -0.2) is 37.0 Å². The summed E-state index contributed by atoms with van der Waals surface area (Å²) < 4.78 is 6.82. The molecule has 0 unspecified atom stereocenters. The lowest BCUT2D eigenvalue weighted by atomic mass is 10.1. The van der Waals surface area contributed by atoms with Crippen molar-refractivity contribution in [3.05, 3.63) is 65.7 Å². The smallest absolute Gasteiger partial charge is 0.237 e. The van der Waals surface area contributed by atoms with E-state index < -0.39 is 0 Å². The summed E-state index contributed by atoms with van der Waals surface area (Å²) in [5.74, 6) is 0.191. The Kier molecular flexibility index (Phi) is 5.39. The van der Waals surface area contributed by atoms with E-state index in [1.54, 1.807) is 10.7 Å². The third kappa shape index (κ3) is 4.52. The molecular weight excluding hydrogens is 388 g/mol. The van der Waals surface area contributed by atoms with E-state index in [2.05, 4.69) is 26.0 Å². The molecule has 0 spiro atoms. The third-order valence-corrected chi connectivity index (χ3v) is 5.09. The minimum Gasteiger partial charge on any atom is -0.338 e. The monoisotopic (exact) mass is 406 g/mol. The van der Waals surface area contributed by atoms with Gasteiger partial charge in [0.1, 0.15) is 5.69 Å². The molecule has 0 radical (unpaired) electrons. The molecule has 0 aliphatic carbocycles. The number of amides is 1. The number of rotatable bonds is 6. The number of carbonyl (C=O) groups is 1. The highest BCUT2D eigenvalue weighted by atomic mass is 32.2. The number of nitrogens with one attached hydrogen (secondary N) is 1. The lowest BCUT2D eigenvalue weighted by molar-refractivity contribution is -0.113. The number of anilines is 1. The van der Waals surface area contributed by atoms with Gasteiger partial charge in [0.15, 0.2) is 0 Å². The molecule has 0 bridgehead atoms. The number of nitrogens with zero attached hydrogens (tertiary/aromatic N) is 5. The first-order valence-corrected chi connectivity index (χ1v) is 9.89. The van der Waals surface area contributed by atoms with Gasteiger partial charge < -0.3 is 4.52 Å². The van der Waals surface area contributed by atoms with Crippen molar-refractivity contribution in [1.82, 2.24) is 25.4 Å². The largest absolute Gasteiger partial charge is 0.338 e. The van der Waals surface area contributed by atoms with Gasteiger partial charge in [0, 0.05) is 11.6 Å². The molecule has 29 heavy (non-hydrogen) atoms. The molecule has 0 saturated carbocycles. The molecule has 9 heteroatoms. The summed E-state index contributed by atoms with van der Waals surface area (Å²) in [5.41, 5.74) is 4.73. The van der Waals surface area contributed by atoms with Gasteiger partial charge in [0.25, 0.3) is 0 Å². The molecule has 2 aromatic carbocycles. The number of aryl methyl sites for hydroxylation is 2. The summed E-state index contributed by atoms with van der Waals surface area (Å²) in [6.07, 6.45) is 0. The van der Waals surface area contributed by atoms with Crippen molar-refractivity contribution in [3.8, 4) is 16.9 Å². The summed E-state index contributed by atoms with van der Waals surface area (Å²) in [6, 6.07) is 17.4. The van der Waals surface area contributed by atoms with Crippen molar-refractivity contribution in [2.75, 3.05) is 11.1 Å². The first-order valence-electron chi connectivity index (χ1n) is 8.90. The van der Waals surface area contributed by atoms with E-state index in [1.807, 2.05) is 62.4 Å². The van der Waals surface area contributed by atoms with Gasteiger partial charge in [-0.05, 0) is 36.4 Å². The number of thioether (sulfide) groups is 1. The summed E-state index contributed by atoms with van der Waals surface area (Å²) >= 11 is 1.24. The average Bonchev–Trinajstić information content (AvgIpc) is 3.37. The molecule has 8 nitrogen and oxygen atoms in total. The van der Waals surface area contributed by atoms with E-state index in [4.69, 9.17) is 4.52 Å². The van der Waals surface area contributed by atoms with Crippen molar-refractivity contribution < 1.29 is 9.32 Å². The van der Waals surface area contributed by atoms with Crippen LogP contribution in [0.25, 0.3) is 16.9 Å². The summed E-state index contributed by atoms with van der Waals surface area (Å²) in [6.45, 7) is 4.03. The molecule has 4 aromatic rings. The highest BCUT2D eigenvalue weighted by molar-refractivity contribution is 7.99. The summed E-state index contributed by atoms with van der Waals surface area (Å²) in [4.78, 5) is 12.3. The van der Waals surface area contributed by atoms with Crippen molar-refractivity contribution in [2.45, 2.75) is 19.0 Å². The van der Waals surface area contributed by atoms with E-state index in [1.165, 1.54) is 11.8 Å². The van der Waals surface area contributed by atoms with Crippen LogP contribution in [0.3, 0.4) is 0 Å². The lowest BCUT2D eigenvalue weighted by Crippen LogP contribution is -2.14. The predicted molar refractivity (Wildman–Crippen MR) is 110 cm³/mol. The van der Waals surface area contributed by atoms with E-state index in [0.29, 0.717) is 16.7 Å². The fraction of sp³-hybridized carbons (Fsp3) is 0.150. The standard InChI is InChI=1S/C20H18N6O2S/c1-13-3-7-15(8-4-13)17-11-19(28-23-17)21-18(27)12-29-20-22-24-25-26(20)16-9-5-14(2)6-10-16/h3-11H,12H2,1-2H3,(H,21,27).